The number of ether oxygens (including phenoxy) is 1. The van der Waals surface area contributed by atoms with Gasteiger partial charge in [0.2, 0.25) is 0 Å². The summed E-state index contributed by atoms with van der Waals surface area (Å²) in [6, 6.07) is 4.19. The van der Waals surface area contributed by atoms with Gasteiger partial charge >= 0.3 is 5.97 Å². The lowest BCUT2D eigenvalue weighted by atomic mass is 9.96. The number of nitrogens with one attached hydrogen (secondary N) is 1. The van der Waals surface area contributed by atoms with Gasteiger partial charge in [-0.15, -0.1) is 11.8 Å². The first kappa shape index (κ1) is 15.2. The largest absolute Gasteiger partial charge is 0.496 e. The third-order valence-electron chi connectivity index (χ3n) is 3.59. The van der Waals surface area contributed by atoms with Gasteiger partial charge in [0.1, 0.15) is 11.0 Å². The van der Waals surface area contributed by atoms with E-state index in [0.29, 0.717) is 12.5 Å². The average Bonchev–Trinajstić information content (AvgIpc) is 2.87. The molecule has 1 saturated heterocycles. The van der Waals surface area contributed by atoms with E-state index in [9.17, 15) is 4.79 Å². The molecule has 1 heterocycles. The highest BCUT2D eigenvalue weighted by Gasteiger charge is 2.32. The molecule has 0 unspecified atom stereocenters. The molecule has 0 radical (unpaired) electrons. The van der Waals surface area contributed by atoms with E-state index in [0.717, 1.165) is 22.4 Å². The molecule has 0 spiro atoms. The Balaban J connectivity index is 2.33. The number of benzene rings is 1. The average molecular weight is 295 g/mol. The first-order chi connectivity index (χ1) is 9.43. The SMILES string of the molecule is COc1cc(C)c([C@@H]2NC[C@H](C(=O)O)S2)cc1C(C)C. The number of thioether (sulfide) groups is 1. The Labute approximate surface area is 123 Å². The lowest BCUT2D eigenvalue weighted by Gasteiger charge is -2.19. The number of methoxy groups -OCH3 is 1. The molecule has 1 fully saturated rings. The van der Waals surface area contributed by atoms with Crippen LogP contribution in [0.15, 0.2) is 12.1 Å². The minimum absolute atomic E-state index is 0.0412. The highest BCUT2D eigenvalue weighted by Crippen LogP contribution is 2.40. The molecule has 0 amide bonds. The van der Waals surface area contributed by atoms with Crippen LogP contribution in [0.3, 0.4) is 0 Å². The Morgan fingerprint density at radius 2 is 2.20 bits per heavy atom. The smallest absolute Gasteiger partial charge is 0.318 e. The fourth-order valence-corrected chi connectivity index (χ4v) is 3.66. The molecule has 1 aliphatic rings. The summed E-state index contributed by atoms with van der Waals surface area (Å²) in [5.41, 5.74) is 3.44. The molecule has 20 heavy (non-hydrogen) atoms. The number of aryl methyl sites for hydroxylation is 1. The number of hydrogen-bond donors (Lipinski definition) is 2. The van der Waals surface area contributed by atoms with Crippen molar-refractivity contribution >= 4 is 17.7 Å². The lowest BCUT2D eigenvalue weighted by molar-refractivity contribution is -0.136. The van der Waals surface area contributed by atoms with Crippen LogP contribution in [0.25, 0.3) is 0 Å². The number of carboxylic acids is 1. The van der Waals surface area contributed by atoms with Crippen molar-refractivity contribution < 1.29 is 14.6 Å². The maximum absolute atomic E-state index is 11.1. The Hall–Kier alpha value is -1.20. The Morgan fingerprint density at radius 1 is 1.50 bits per heavy atom. The molecule has 110 valence electrons. The molecular weight excluding hydrogens is 274 g/mol. The minimum Gasteiger partial charge on any atom is -0.496 e. The third-order valence-corrected chi connectivity index (χ3v) is 4.98. The van der Waals surface area contributed by atoms with Gasteiger partial charge in [-0.25, -0.2) is 0 Å². The Kier molecular flexibility index (Phi) is 4.60. The van der Waals surface area contributed by atoms with Crippen molar-refractivity contribution in [1.82, 2.24) is 5.32 Å². The van der Waals surface area contributed by atoms with Gasteiger partial charge in [-0.2, -0.15) is 0 Å². The zero-order valence-corrected chi connectivity index (χ0v) is 13.1. The first-order valence-corrected chi connectivity index (χ1v) is 7.68. The van der Waals surface area contributed by atoms with Crippen LogP contribution in [0, 0.1) is 6.92 Å². The highest BCUT2D eigenvalue weighted by molar-refractivity contribution is 8.01. The summed E-state index contributed by atoms with van der Waals surface area (Å²) in [5, 5.41) is 12.1. The van der Waals surface area contributed by atoms with Crippen LogP contribution in [0.4, 0.5) is 0 Å². The number of aliphatic carboxylic acids is 1. The van der Waals surface area contributed by atoms with Crippen molar-refractivity contribution in [3.63, 3.8) is 0 Å². The second kappa shape index (κ2) is 6.06. The third kappa shape index (κ3) is 2.94. The fourth-order valence-electron chi connectivity index (χ4n) is 2.43. The zero-order valence-electron chi connectivity index (χ0n) is 12.3. The zero-order chi connectivity index (χ0) is 14.9. The van der Waals surface area contributed by atoms with Crippen LogP contribution in [0.1, 0.15) is 41.8 Å². The van der Waals surface area contributed by atoms with Crippen molar-refractivity contribution in [3.8, 4) is 5.75 Å². The molecule has 2 N–H and O–H groups in total. The number of hydrogen-bond acceptors (Lipinski definition) is 4. The number of carbonyl (C=O) groups is 1. The summed E-state index contributed by atoms with van der Waals surface area (Å²) in [5.74, 6) is 0.519. The van der Waals surface area contributed by atoms with Gasteiger partial charge in [-0.05, 0) is 41.7 Å². The van der Waals surface area contributed by atoms with Crippen LogP contribution < -0.4 is 10.1 Å². The maximum Gasteiger partial charge on any atom is 0.318 e. The van der Waals surface area contributed by atoms with Crippen molar-refractivity contribution in [2.75, 3.05) is 13.7 Å². The molecule has 2 atom stereocenters. The Bertz CT molecular complexity index is 516. The minimum atomic E-state index is -0.750. The van der Waals surface area contributed by atoms with Crippen molar-refractivity contribution in [2.45, 2.75) is 37.3 Å². The predicted molar refractivity (Wildman–Crippen MR) is 81.6 cm³/mol. The van der Waals surface area contributed by atoms with Gasteiger partial charge in [0.15, 0.2) is 0 Å². The van der Waals surface area contributed by atoms with Crippen LogP contribution in [-0.4, -0.2) is 30.0 Å². The summed E-state index contributed by atoms with van der Waals surface area (Å²) in [7, 11) is 1.68. The van der Waals surface area contributed by atoms with E-state index in [4.69, 9.17) is 9.84 Å². The molecule has 0 bridgehead atoms. The van der Waals surface area contributed by atoms with Gasteiger partial charge in [0.25, 0.3) is 0 Å². The molecule has 1 aliphatic heterocycles. The van der Waals surface area contributed by atoms with E-state index in [2.05, 4.69) is 25.2 Å². The summed E-state index contributed by atoms with van der Waals surface area (Å²) >= 11 is 1.47. The quantitative estimate of drug-likeness (QED) is 0.894. The maximum atomic E-state index is 11.1. The van der Waals surface area contributed by atoms with Crippen molar-refractivity contribution in [3.05, 3.63) is 28.8 Å². The first-order valence-electron chi connectivity index (χ1n) is 6.74. The van der Waals surface area contributed by atoms with E-state index in [1.165, 1.54) is 11.8 Å². The van der Waals surface area contributed by atoms with Crippen LogP contribution >= 0.6 is 11.8 Å². The van der Waals surface area contributed by atoms with E-state index in [-0.39, 0.29) is 10.6 Å². The lowest BCUT2D eigenvalue weighted by Crippen LogP contribution is -2.21. The van der Waals surface area contributed by atoms with E-state index in [1.54, 1.807) is 7.11 Å². The molecule has 0 saturated carbocycles. The molecule has 5 heteroatoms. The normalized spacial score (nSPS) is 22.2. The second-order valence-electron chi connectivity index (χ2n) is 5.36. The molecular formula is C15H21NO3S. The highest BCUT2D eigenvalue weighted by atomic mass is 32.2. The molecule has 0 aliphatic carbocycles. The van der Waals surface area contributed by atoms with E-state index in [1.807, 2.05) is 13.0 Å². The number of carboxylic acid groups (broad SMARTS) is 1. The molecule has 4 nitrogen and oxygen atoms in total. The topological polar surface area (TPSA) is 58.6 Å². The van der Waals surface area contributed by atoms with Crippen molar-refractivity contribution in [2.24, 2.45) is 0 Å². The van der Waals surface area contributed by atoms with Gasteiger partial charge < -0.3 is 9.84 Å². The predicted octanol–water partition coefficient (Wildman–Crippen LogP) is 2.92. The van der Waals surface area contributed by atoms with E-state index < -0.39 is 5.97 Å². The summed E-state index contributed by atoms with van der Waals surface area (Å²) < 4.78 is 5.44. The monoisotopic (exact) mass is 295 g/mol. The van der Waals surface area contributed by atoms with Gasteiger partial charge in [-0.3, -0.25) is 10.1 Å². The Morgan fingerprint density at radius 3 is 2.70 bits per heavy atom. The molecule has 1 aromatic rings. The summed E-state index contributed by atoms with van der Waals surface area (Å²) in [6.45, 7) is 6.81. The van der Waals surface area contributed by atoms with Crippen LogP contribution in [0.5, 0.6) is 5.75 Å². The molecule has 0 aromatic heterocycles. The van der Waals surface area contributed by atoms with Gasteiger partial charge in [0.05, 0.1) is 12.5 Å². The van der Waals surface area contributed by atoms with Gasteiger partial charge in [-0.1, -0.05) is 13.8 Å². The van der Waals surface area contributed by atoms with Crippen molar-refractivity contribution in [1.29, 1.82) is 0 Å². The van der Waals surface area contributed by atoms with E-state index >= 15 is 0 Å². The second-order valence-corrected chi connectivity index (χ2v) is 6.67. The number of rotatable bonds is 4. The van der Waals surface area contributed by atoms with Gasteiger partial charge in [0, 0.05) is 6.54 Å². The van der Waals surface area contributed by atoms with Crippen LogP contribution in [-0.2, 0) is 4.79 Å². The summed E-state index contributed by atoms with van der Waals surface area (Å²) in [4.78, 5) is 11.1. The summed E-state index contributed by atoms with van der Waals surface area (Å²) in [6.07, 6.45) is 0. The fraction of sp³-hybridized carbons (Fsp3) is 0.533. The van der Waals surface area contributed by atoms with Crippen LogP contribution in [0.2, 0.25) is 0 Å². The molecule has 1 aromatic carbocycles. The molecule has 2 rings (SSSR count). The standard InChI is InChI=1S/C15H21NO3S/c1-8(2)10-6-11(9(3)5-12(10)19-4)14-16-7-13(20-14)15(17)18/h5-6,8,13-14,16H,7H2,1-4H3,(H,17,18)/t13-,14-/m1/s1.